The molecule has 0 N–H and O–H groups in total. The van der Waals surface area contributed by atoms with Crippen molar-refractivity contribution in [1.82, 2.24) is 4.90 Å². The van der Waals surface area contributed by atoms with Crippen LogP contribution in [0.25, 0.3) is 0 Å². The molecule has 4 bridgehead atoms. The van der Waals surface area contributed by atoms with E-state index in [0.29, 0.717) is 11.7 Å². The lowest BCUT2D eigenvalue weighted by molar-refractivity contribution is -0.159. The average Bonchev–Trinajstić information content (AvgIpc) is 2.86. The normalized spacial score (nSPS) is 31.2. The summed E-state index contributed by atoms with van der Waals surface area (Å²) in [7, 11) is 5.04. The third-order valence-electron chi connectivity index (χ3n) is 9.06. The zero-order chi connectivity index (χ0) is 23.4. The van der Waals surface area contributed by atoms with Crippen molar-refractivity contribution < 1.29 is 19.0 Å². The van der Waals surface area contributed by atoms with Gasteiger partial charge in [-0.25, -0.2) is 0 Å². The van der Waals surface area contributed by atoms with E-state index in [1.807, 2.05) is 12.1 Å². The second-order valence-corrected chi connectivity index (χ2v) is 11.0. The highest BCUT2D eigenvalue weighted by atomic mass is 16.5. The van der Waals surface area contributed by atoms with Crippen LogP contribution in [0.1, 0.15) is 61.3 Å². The van der Waals surface area contributed by atoms with Crippen molar-refractivity contribution in [2.75, 3.05) is 27.9 Å². The maximum atomic E-state index is 14.5. The molecule has 0 spiro atoms. The fourth-order valence-corrected chi connectivity index (χ4v) is 7.99. The smallest absolute Gasteiger partial charge is 0.229 e. The number of ether oxygens (including phenoxy) is 3. The van der Waals surface area contributed by atoms with Gasteiger partial charge in [-0.1, -0.05) is 12.1 Å². The Morgan fingerprint density at radius 1 is 0.853 bits per heavy atom. The molecule has 5 aliphatic rings. The van der Waals surface area contributed by atoms with E-state index in [1.165, 1.54) is 24.8 Å². The molecule has 1 unspecified atom stereocenters. The molecule has 1 amide bonds. The van der Waals surface area contributed by atoms with Gasteiger partial charge in [0.1, 0.15) is 5.75 Å². The van der Waals surface area contributed by atoms with Crippen LogP contribution in [-0.2, 0) is 11.2 Å². The molecule has 2 aromatic rings. The van der Waals surface area contributed by atoms with Crippen molar-refractivity contribution in [3.05, 3.63) is 53.1 Å². The number of fused-ring (bicyclic) bond motifs is 1. The second kappa shape index (κ2) is 8.21. The highest BCUT2D eigenvalue weighted by Crippen LogP contribution is 2.61. The van der Waals surface area contributed by atoms with Gasteiger partial charge >= 0.3 is 0 Å². The minimum absolute atomic E-state index is 0.130. The van der Waals surface area contributed by atoms with Crippen molar-refractivity contribution >= 4 is 5.91 Å². The van der Waals surface area contributed by atoms with Gasteiger partial charge in [0, 0.05) is 6.54 Å². The lowest BCUT2D eigenvalue weighted by Crippen LogP contribution is -2.56. The monoisotopic (exact) mass is 461 g/mol. The Kier molecular flexibility index (Phi) is 5.27. The van der Waals surface area contributed by atoms with E-state index in [4.69, 9.17) is 14.2 Å². The summed E-state index contributed by atoms with van der Waals surface area (Å²) >= 11 is 0. The van der Waals surface area contributed by atoms with Crippen LogP contribution in [0.4, 0.5) is 0 Å². The van der Waals surface area contributed by atoms with Gasteiger partial charge in [-0.3, -0.25) is 4.79 Å². The van der Waals surface area contributed by atoms with Gasteiger partial charge in [0.25, 0.3) is 0 Å². The maximum Gasteiger partial charge on any atom is 0.229 e. The fraction of sp³-hybridized carbons (Fsp3) is 0.552. The quantitative estimate of drug-likeness (QED) is 0.598. The first-order valence-corrected chi connectivity index (χ1v) is 12.7. The second-order valence-electron chi connectivity index (χ2n) is 11.0. The number of rotatable bonds is 5. The Hall–Kier alpha value is -2.69. The zero-order valence-electron chi connectivity index (χ0n) is 20.5. The molecule has 1 aliphatic heterocycles. The first-order valence-electron chi connectivity index (χ1n) is 12.7. The summed E-state index contributed by atoms with van der Waals surface area (Å²) < 4.78 is 16.7. The van der Waals surface area contributed by atoms with Crippen LogP contribution in [0.15, 0.2) is 36.4 Å². The standard InChI is InChI=1S/C29H35NO4/c1-32-23-6-4-21(5-7-23)27-24-14-26(34-3)25(33-2)13-22(24)8-9-30(27)28(31)29-15-18-10-19(16-29)12-20(11-18)17-29/h4-7,13-14,18-20,27H,8-12,15-17H2,1-3H3. The van der Waals surface area contributed by atoms with Crippen LogP contribution in [-0.4, -0.2) is 38.7 Å². The first-order chi connectivity index (χ1) is 16.5. The Morgan fingerprint density at radius 3 is 2.00 bits per heavy atom. The van der Waals surface area contributed by atoms with Crippen molar-refractivity contribution in [2.24, 2.45) is 23.2 Å². The van der Waals surface area contributed by atoms with Crippen LogP contribution in [0.2, 0.25) is 0 Å². The molecule has 5 nitrogen and oxygen atoms in total. The molecule has 4 saturated carbocycles. The van der Waals surface area contributed by atoms with Crippen LogP contribution in [0, 0.1) is 23.2 Å². The number of carbonyl (C=O) groups is 1. The van der Waals surface area contributed by atoms with E-state index < -0.39 is 0 Å². The number of nitrogens with zero attached hydrogens (tertiary/aromatic N) is 1. The summed E-state index contributed by atoms with van der Waals surface area (Å²) in [6.45, 7) is 0.736. The molecule has 1 atom stereocenters. The van der Waals surface area contributed by atoms with Crippen LogP contribution < -0.4 is 14.2 Å². The Morgan fingerprint density at radius 2 is 1.44 bits per heavy atom. The number of methoxy groups -OCH3 is 3. The number of benzene rings is 2. The average molecular weight is 462 g/mol. The molecule has 2 aromatic carbocycles. The summed E-state index contributed by atoms with van der Waals surface area (Å²) in [5, 5.41) is 0. The molecule has 180 valence electrons. The predicted octanol–water partition coefficient (Wildman–Crippen LogP) is 5.40. The van der Waals surface area contributed by atoms with Crippen molar-refractivity contribution in [3.8, 4) is 17.2 Å². The van der Waals surface area contributed by atoms with Gasteiger partial charge in [-0.05, 0) is 104 Å². The van der Waals surface area contributed by atoms with E-state index in [2.05, 4.69) is 29.2 Å². The lowest BCUT2D eigenvalue weighted by Gasteiger charge is -2.57. The summed E-state index contributed by atoms with van der Waals surface area (Å²) in [6.07, 6.45) is 8.12. The molecular formula is C29H35NO4. The van der Waals surface area contributed by atoms with Crippen LogP contribution >= 0.6 is 0 Å². The molecule has 0 saturated heterocycles. The third kappa shape index (κ3) is 3.38. The highest BCUT2D eigenvalue weighted by Gasteiger charge is 2.56. The summed E-state index contributed by atoms with van der Waals surface area (Å²) in [6, 6.07) is 12.3. The summed E-state index contributed by atoms with van der Waals surface area (Å²) in [4.78, 5) is 16.7. The minimum Gasteiger partial charge on any atom is -0.497 e. The van der Waals surface area contributed by atoms with Crippen LogP contribution in [0.5, 0.6) is 17.2 Å². The molecule has 5 heteroatoms. The molecule has 7 rings (SSSR count). The predicted molar refractivity (Wildman–Crippen MR) is 130 cm³/mol. The molecule has 34 heavy (non-hydrogen) atoms. The number of carbonyl (C=O) groups excluding carboxylic acids is 1. The van der Waals surface area contributed by atoms with Gasteiger partial charge in [0.05, 0.1) is 32.8 Å². The number of hydrogen-bond donors (Lipinski definition) is 0. The van der Waals surface area contributed by atoms with Crippen molar-refractivity contribution in [2.45, 2.75) is 51.0 Å². The molecule has 4 aliphatic carbocycles. The van der Waals surface area contributed by atoms with Crippen LogP contribution in [0.3, 0.4) is 0 Å². The first kappa shape index (κ1) is 21.8. The van der Waals surface area contributed by atoms with Gasteiger partial charge < -0.3 is 19.1 Å². The molecule has 0 radical (unpaired) electrons. The van der Waals surface area contributed by atoms with Gasteiger partial charge in [-0.2, -0.15) is 0 Å². The van der Waals surface area contributed by atoms with Gasteiger partial charge in [0.2, 0.25) is 5.91 Å². The molecular weight excluding hydrogens is 426 g/mol. The SMILES string of the molecule is COc1ccc(C2c3cc(OC)c(OC)cc3CCN2C(=O)C23CC4CC(CC(C4)C2)C3)cc1. The molecule has 4 fully saturated rings. The molecule has 1 heterocycles. The van der Waals surface area contributed by atoms with E-state index >= 15 is 0 Å². The summed E-state index contributed by atoms with van der Waals surface area (Å²) in [5.74, 6) is 4.90. The maximum absolute atomic E-state index is 14.5. The molecule has 0 aromatic heterocycles. The third-order valence-corrected chi connectivity index (χ3v) is 9.06. The van der Waals surface area contributed by atoms with Gasteiger partial charge in [-0.15, -0.1) is 0 Å². The Balaban J connectivity index is 1.43. The van der Waals surface area contributed by atoms with E-state index in [0.717, 1.165) is 72.6 Å². The lowest BCUT2D eigenvalue weighted by atomic mass is 9.49. The van der Waals surface area contributed by atoms with Crippen molar-refractivity contribution in [1.29, 1.82) is 0 Å². The number of hydrogen-bond acceptors (Lipinski definition) is 4. The van der Waals surface area contributed by atoms with Gasteiger partial charge in [0.15, 0.2) is 11.5 Å². The highest BCUT2D eigenvalue weighted by molar-refractivity contribution is 5.84. The topological polar surface area (TPSA) is 48.0 Å². The van der Waals surface area contributed by atoms with E-state index in [1.54, 1.807) is 21.3 Å². The van der Waals surface area contributed by atoms with E-state index in [-0.39, 0.29) is 11.5 Å². The fourth-order valence-electron chi connectivity index (χ4n) is 7.99. The Bertz CT molecular complexity index is 1060. The summed E-state index contributed by atoms with van der Waals surface area (Å²) in [5.41, 5.74) is 3.33. The largest absolute Gasteiger partial charge is 0.497 e. The zero-order valence-corrected chi connectivity index (χ0v) is 20.5. The van der Waals surface area contributed by atoms with Crippen molar-refractivity contribution in [3.63, 3.8) is 0 Å². The minimum atomic E-state index is -0.159. The Labute approximate surface area is 202 Å². The van der Waals surface area contributed by atoms with E-state index in [9.17, 15) is 4.79 Å². The number of amides is 1.